The zero-order valence-electron chi connectivity index (χ0n) is 16.8. The molecule has 1 atom stereocenters. The van der Waals surface area contributed by atoms with Gasteiger partial charge in [0.05, 0.1) is 35.0 Å². The Kier molecular flexibility index (Phi) is 5.73. The van der Waals surface area contributed by atoms with Crippen molar-refractivity contribution in [3.8, 4) is 11.8 Å². The average molecular weight is 416 g/mol. The second-order valence-electron chi connectivity index (χ2n) is 6.77. The maximum absolute atomic E-state index is 12.4. The van der Waals surface area contributed by atoms with E-state index < -0.39 is 0 Å². The van der Waals surface area contributed by atoms with E-state index in [-0.39, 0.29) is 11.2 Å². The minimum atomic E-state index is -0.342. The lowest BCUT2D eigenvalue weighted by molar-refractivity contribution is -0.142. The Morgan fingerprint density at radius 2 is 1.83 bits per heavy atom. The van der Waals surface area contributed by atoms with Crippen LogP contribution in [0.15, 0.2) is 65.8 Å². The van der Waals surface area contributed by atoms with Crippen LogP contribution in [0.2, 0.25) is 0 Å². The van der Waals surface area contributed by atoms with E-state index in [1.165, 1.54) is 11.8 Å². The number of hydrogen-bond acceptors (Lipinski definition) is 5. The Hall–Kier alpha value is -3.30. The number of fused-ring (bicyclic) bond motifs is 2. The lowest BCUT2D eigenvalue weighted by Gasteiger charge is -2.16. The Morgan fingerprint density at radius 3 is 2.57 bits per heavy atom. The molecule has 150 valence electrons. The SMILES string of the molecule is CCOC(=O)C(CC)Sc1nc2ccccc2n1-c1ccc(C#N)c2ccccc12. The number of imidazole rings is 1. The molecule has 0 fully saturated rings. The van der Waals surface area contributed by atoms with Crippen molar-refractivity contribution in [2.45, 2.75) is 30.7 Å². The standard InChI is InChI=1S/C24H21N3O2S/c1-3-22(23(28)29-4-2)30-24-26-19-11-7-8-12-21(19)27(24)20-14-13-16(15-25)17-9-5-6-10-18(17)20/h5-14,22H,3-4H2,1-2H3. The first-order valence-electron chi connectivity index (χ1n) is 9.90. The maximum atomic E-state index is 12.4. The van der Waals surface area contributed by atoms with Crippen LogP contribution in [0.1, 0.15) is 25.8 Å². The van der Waals surface area contributed by atoms with Crippen molar-refractivity contribution in [3.05, 3.63) is 66.2 Å². The van der Waals surface area contributed by atoms with E-state index in [1.54, 1.807) is 0 Å². The Bertz CT molecular complexity index is 1270. The zero-order valence-corrected chi connectivity index (χ0v) is 17.6. The third kappa shape index (κ3) is 3.53. The molecule has 0 radical (unpaired) electrons. The first kappa shape index (κ1) is 20.0. The van der Waals surface area contributed by atoms with E-state index in [1.807, 2.05) is 74.5 Å². The molecule has 6 heteroatoms. The number of aromatic nitrogens is 2. The van der Waals surface area contributed by atoms with Crippen molar-refractivity contribution in [2.24, 2.45) is 0 Å². The molecule has 3 aromatic carbocycles. The molecule has 0 aliphatic carbocycles. The highest BCUT2D eigenvalue weighted by Crippen LogP contribution is 2.35. The van der Waals surface area contributed by atoms with Crippen molar-refractivity contribution < 1.29 is 9.53 Å². The molecule has 0 aliphatic heterocycles. The number of carbonyl (C=O) groups is 1. The van der Waals surface area contributed by atoms with Crippen molar-refractivity contribution >= 4 is 39.5 Å². The molecule has 0 saturated carbocycles. The molecule has 0 amide bonds. The van der Waals surface area contributed by atoms with E-state index in [9.17, 15) is 10.1 Å². The summed E-state index contributed by atoms with van der Waals surface area (Å²) in [5.41, 5.74) is 3.37. The molecule has 0 aliphatic rings. The highest BCUT2D eigenvalue weighted by atomic mass is 32.2. The van der Waals surface area contributed by atoms with E-state index in [0.717, 1.165) is 32.6 Å². The number of nitriles is 1. The summed E-state index contributed by atoms with van der Waals surface area (Å²) < 4.78 is 7.33. The predicted octanol–water partition coefficient (Wildman–Crippen LogP) is 5.48. The molecular weight excluding hydrogens is 394 g/mol. The van der Waals surface area contributed by atoms with Gasteiger partial charge >= 0.3 is 5.97 Å². The number of esters is 1. The molecule has 0 N–H and O–H groups in total. The van der Waals surface area contributed by atoms with E-state index in [2.05, 4.69) is 10.6 Å². The van der Waals surface area contributed by atoms with E-state index in [0.29, 0.717) is 18.6 Å². The van der Waals surface area contributed by atoms with Crippen LogP contribution in [0, 0.1) is 11.3 Å². The molecule has 0 bridgehead atoms. The molecule has 1 heterocycles. The van der Waals surface area contributed by atoms with Crippen molar-refractivity contribution in [2.75, 3.05) is 6.61 Å². The second kappa shape index (κ2) is 8.60. The van der Waals surface area contributed by atoms with Crippen molar-refractivity contribution in [1.29, 1.82) is 5.26 Å². The summed E-state index contributed by atoms with van der Waals surface area (Å²) in [5.74, 6) is -0.228. The normalized spacial score (nSPS) is 12.0. The number of ether oxygens (including phenoxy) is 1. The van der Waals surface area contributed by atoms with Gasteiger partial charge in [0.15, 0.2) is 5.16 Å². The number of para-hydroxylation sites is 2. The highest BCUT2D eigenvalue weighted by molar-refractivity contribution is 8.00. The second-order valence-corrected chi connectivity index (χ2v) is 7.94. The third-order valence-corrected chi connectivity index (χ3v) is 6.26. The number of hydrogen-bond donors (Lipinski definition) is 0. The number of thioether (sulfide) groups is 1. The van der Waals surface area contributed by atoms with Gasteiger partial charge in [-0.2, -0.15) is 5.26 Å². The van der Waals surface area contributed by atoms with Gasteiger partial charge in [-0.1, -0.05) is 55.1 Å². The molecule has 0 spiro atoms. The summed E-state index contributed by atoms with van der Waals surface area (Å²) in [6, 6.07) is 21.8. The molecule has 5 nitrogen and oxygen atoms in total. The fourth-order valence-electron chi connectivity index (χ4n) is 3.55. The smallest absolute Gasteiger partial charge is 0.319 e. The van der Waals surface area contributed by atoms with Gasteiger partial charge in [0.2, 0.25) is 0 Å². The minimum Gasteiger partial charge on any atom is -0.465 e. The first-order chi connectivity index (χ1) is 14.7. The minimum absolute atomic E-state index is 0.228. The highest BCUT2D eigenvalue weighted by Gasteiger charge is 2.24. The van der Waals surface area contributed by atoms with Gasteiger partial charge in [0.1, 0.15) is 5.25 Å². The fraction of sp³-hybridized carbons (Fsp3) is 0.208. The van der Waals surface area contributed by atoms with Crippen LogP contribution in [-0.2, 0) is 9.53 Å². The zero-order chi connectivity index (χ0) is 21.1. The topological polar surface area (TPSA) is 67.9 Å². The lowest BCUT2D eigenvalue weighted by atomic mass is 10.0. The average Bonchev–Trinajstić information content (AvgIpc) is 3.14. The van der Waals surface area contributed by atoms with Crippen LogP contribution < -0.4 is 0 Å². The largest absolute Gasteiger partial charge is 0.465 e. The summed E-state index contributed by atoms with van der Waals surface area (Å²) >= 11 is 1.41. The van der Waals surface area contributed by atoms with Crippen LogP contribution in [0.25, 0.3) is 27.5 Å². The Labute approximate surface area is 179 Å². The van der Waals surface area contributed by atoms with Gasteiger partial charge in [0, 0.05) is 10.8 Å². The summed E-state index contributed by atoms with van der Waals surface area (Å²) in [6.07, 6.45) is 0.640. The molecule has 30 heavy (non-hydrogen) atoms. The summed E-state index contributed by atoms with van der Waals surface area (Å²) in [7, 11) is 0. The third-order valence-electron chi connectivity index (χ3n) is 4.96. The molecule has 4 aromatic rings. The number of carbonyl (C=O) groups excluding carboxylic acids is 1. The van der Waals surface area contributed by atoms with Crippen LogP contribution in [0.3, 0.4) is 0 Å². The maximum Gasteiger partial charge on any atom is 0.319 e. The van der Waals surface area contributed by atoms with Crippen molar-refractivity contribution in [3.63, 3.8) is 0 Å². The van der Waals surface area contributed by atoms with Crippen molar-refractivity contribution in [1.82, 2.24) is 9.55 Å². The van der Waals surface area contributed by atoms with Gasteiger partial charge in [-0.25, -0.2) is 4.98 Å². The summed E-state index contributed by atoms with van der Waals surface area (Å²) in [6.45, 7) is 4.14. The fourth-order valence-corrected chi connectivity index (χ4v) is 4.59. The molecular formula is C24H21N3O2S. The van der Waals surface area contributed by atoms with Gasteiger partial charge in [0.25, 0.3) is 0 Å². The van der Waals surface area contributed by atoms with Crippen LogP contribution in [0.5, 0.6) is 0 Å². The Balaban J connectivity index is 1.94. The van der Waals surface area contributed by atoms with Gasteiger partial charge in [-0.3, -0.25) is 9.36 Å². The quantitative estimate of drug-likeness (QED) is 0.308. The van der Waals surface area contributed by atoms with E-state index in [4.69, 9.17) is 9.72 Å². The molecule has 4 rings (SSSR count). The number of benzene rings is 3. The first-order valence-corrected chi connectivity index (χ1v) is 10.8. The van der Waals surface area contributed by atoms with Gasteiger partial charge < -0.3 is 4.74 Å². The van der Waals surface area contributed by atoms with Crippen LogP contribution in [0.4, 0.5) is 0 Å². The summed E-state index contributed by atoms with van der Waals surface area (Å²) in [4.78, 5) is 17.2. The molecule has 1 aromatic heterocycles. The van der Waals surface area contributed by atoms with Crippen LogP contribution in [-0.4, -0.2) is 27.4 Å². The molecule has 0 saturated heterocycles. The Morgan fingerprint density at radius 1 is 1.10 bits per heavy atom. The monoisotopic (exact) mass is 415 g/mol. The summed E-state index contributed by atoms with van der Waals surface area (Å²) in [5, 5.41) is 11.8. The van der Waals surface area contributed by atoms with Gasteiger partial charge in [-0.15, -0.1) is 0 Å². The molecule has 1 unspecified atom stereocenters. The number of rotatable bonds is 6. The lowest BCUT2D eigenvalue weighted by Crippen LogP contribution is -2.20. The van der Waals surface area contributed by atoms with Crippen LogP contribution >= 0.6 is 11.8 Å². The van der Waals surface area contributed by atoms with Gasteiger partial charge in [-0.05, 0) is 37.6 Å². The predicted molar refractivity (Wildman–Crippen MR) is 120 cm³/mol. The van der Waals surface area contributed by atoms with E-state index >= 15 is 0 Å². The number of nitrogens with zero attached hydrogens (tertiary/aromatic N) is 3.